The summed E-state index contributed by atoms with van der Waals surface area (Å²) < 4.78 is 5.90. The van der Waals surface area contributed by atoms with Gasteiger partial charge in [-0.2, -0.15) is 0 Å². The number of hydrogen-bond donors (Lipinski definition) is 3. The number of piperazine rings is 1. The van der Waals surface area contributed by atoms with E-state index in [0.29, 0.717) is 12.5 Å². The Kier molecular flexibility index (Phi) is 6.56. The molecule has 0 atom stereocenters. The molecule has 152 valence electrons. The minimum absolute atomic E-state index is 0.639. The zero-order chi connectivity index (χ0) is 19.9. The monoisotopic (exact) mass is 410 g/mol. The lowest BCUT2D eigenvalue weighted by Crippen LogP contribution is -2.44. The van der Waals surface area contributed by atoms with Gasteiger partial charge in [-0.05, 0) is 23.8 Å². The third kappa shape index (κ3) is 5.23. The average Bonchev–Trinajstić information content (AvgIpc) is 2.76. The maximum atomic E-state index is 5.90. The van der Waals surface area contributed by atoms with Crippen LogP contribution in [0.2, 0.25) is 0 Å². The summed E-state index contributed by atoms with van der Waals surface area (Å²) in [6, 6.07) is 12.1. The van der Waals surface area contributed by atoms with Gasteiger partial charge in [0.05, 0.1) is 12.0 Å². The van der Waals surface area contributed by atoms with Crippen molar-refractivity contribution >= 4 is 27.4 Å². The SMILES string of the molecule is CNc1ccc(-c2csc3nc(OCCN4CCNCC4)ccc3nc[nH]2)cc1. The molecule has 1 fully saturated rings. The Labute approximate surface area is 174 Å². The van der Waals surface area contributed by atoms with Gasteiger partial charge in [-0.15, -0.1) is 11.3 Å². The van der Waals surface area contributed by atoms with Crippen molar-refractivity contribution in [3.63, 3.8) is 0 Å². The summed E-state index contributed by atoms with van der Waals surface area (Å²) in [6.45, 7) is 5.80. The molecule has 3 aromatic rings. The first kappa shape index (κ1) is 19.6. The zero-order valence-electron chi connectivity index (χ0n) is 16.5. The molecule has 2 aromatic heterocycles. The van der Waals surface area contributed by atoms with Crippen LogP contribution in [0.5, 0.6) is 5.88 Å². The average molecular weight is 411 g/mol. The molecule has 0 unspecified atom stereocenters. The van der Waals surface area contributed by atoms with Gasteiger partial charge in [0.25, 0.3) is 0 Å². The summed E-state index contributed by atoms with van der Waals surface area (Å²) in [5, 5.41) is 8.56. The van der Waals surface area contributed by atoms with Crippen LogP contribution in [0.15, 0.2) is 48.1 Å². The first-order valence-corrected chi connectivity index (χ1v) is 10.7. The van der Waals surface area contributed by atoms with Gasteiger partial charge >= 0.3 is 0 Å². The Morgan fingerprint density at radius 2 is 1.97 bits per heavy atom. The van der Waals surface area contributed by atoms with E-state index in [-0.39, 0.29) is 0 Å². The molecule has 29 heavy (non-hydrogen) atoms. The predicted octanol–water partition coefficient (Wildman–Crippen LogP) is 3.14. The van der Waals surface area contributed by atoms with Crippen LogP contribution in [-0.2, 0) is 0 Å². The minimum atomic E-state index is 0.639. The van der Waals surface area contributed by atoms with Crippen molar-refractivity contribution < 1.29 is 4.74 Å². The Hall–Kier alpha value is -2.68. The first-order chi connectivity index (χ1) is 14.3. The van der Waals surface area contributed by atoms with E-state index in [0.717, 1.165) is 60.0 Å². The Bertz CT molecular complexity index is 976. The first-order valence-electron chi connectivity index (χ1n) is 9.83. The summed E-state index contributed by atoms with van der Waals surface area (Å²) in [4.78, 5) is 15.7. The van der Waals surface area contributed by atoms with Gasteiger partial charge in [-0.3, -0.25) is 4.90 Å². The number of nitrogens with one attached hydrogen (secondary N) is 3. The molecule has 0 amide bonds. The highest BCUT2D eigenvalue weighted by Crippen LogP contribution is 2.22. The number of benzene rings is 1. The molecule has 1 aromatic carbocycles. The number of aromatic amines is 1. The number of hydrogen-bond acceptors (Lipinski definition) is 7. The van der Waals surface area contributed by atoms with E-state index >= 15 is 0 Å². The van der Waals surface area contributed by atoms with Gasteiger partial charge in [0.15, 0.2) is 0 Å². The van der Waals surface area contributed by atoms with Crippen LogP contribution in [0, 0.1) is 0 Å². The van der Waals surface area contributed by atoms with Gasteiger partial charge < -0.3 is 20.4 Å². The standard InChI is InChI=1S/C21H26N6OS/c1-22-17-4-2-16(3-5-17)19-14-29-21-18(24-15-25-19)6-7-20(26-21)28-13-12-27-10-8-23-9-11-27/h2-7,14-15,22-23H,8-13H2,1H3,(H,24,25). The molecule has 3 heterocycles. The smallest absolute Gasteiger partial charge is 0.214 e. The van der Waals surface area contributed by atoms with Crippen LogP contribution in [-0.4, -0.2) is 66.2 Å². The molecular weight excluding hydrogens is 384 g/mol. The molecule has 1 aliphatic heterocycles. The fourth-order valence-corrected chi connectivity index (χ4v) is 4.00. The Morgan fingerprint density at radius 3 is 2.76 bits per heavy atom. The van der Waals surface area contributed by atoms with Crippen LogP contribution in [0.25, 0.3) is 21.6 Å². The van der Waals surface area contributed by atoms with Crippen molar-refractivity contribution in [3.05, 3.63) is 48.1 Å². The summed E-state index contributed by atoms with van der Waals surface area (Å²) in [7, 11) is 1.91. The zero-order valence-corrected chi connectivity index (χ0v) is 17.3. The van der Waals surface area contributed by atoms with Gasteiger partial charge in [0.2, 0.25) is 5.88 Å². The highest BCUT2D eigenvalue weighted by molar-refractivity contribution is 7.16. The second-order valence-corrected chi connectivity index (χ2v) is 7.65. The Morgan fingerprint density at radius 1 is 1.14 bits per heavy atom. The van der Waals surface area contributed by atoms with E-state index in [1.165, 1.54) is 0 Å². The largest absolute Gasteiger partial charge is 0.476 e. The summed E-state index contributed by atoms with van der Waals surface area (Å²) in [6.07, 6.45) is 1.71. The van der Waals surface area contributed by atoms with Crippen molar-refractivity contribution in [1.82, 2.24) is 25.2 Å². The maximum Gasteiger partial charge on any atom is 0.214 e. The van der Waals surface area contributed by atoms with Crippen molar-refractivity contribution in [2.45, 2.75) is 0 Å². The van der Waals surface area contributed by atoms with Crippen molar-refractivity contribution in [2.24, 2.45) is 0 Å². The van der Waals surface area contributed by atoms with E-state index in [2.05, 4.69) is 60.1 Å². The van der Waals surface area contributed by atoms with E-state index in [4.69, 9.17) is 4.74 Å². The molecule has 8 heteroatoms. The van der Waals surface area contributed by atoms with E-state index in [1.807, 2.05) is 19.2 Å². The molecule has 1 aliphatic rings. The third-order valence-electron chi connectivity index (χ3n) is 4.88. The molecule has 0 bridgehead atoms. The third-order valence-corrected chi connectivity index (χ3v) is 5.76. The molecule has 4 rings (SSSR count). The van der Waals surface area contributed by atoms with Crippen LogP contribution < -0.4 is 15.4 Å². The number of ether oxygens (including phenoxy) is 1. The van der Waals surface area contributed by atoms with Crippen molar-refractivity contribution in [3.8, 4) is 17.1 Å². The normalized spacial score (nSPS) is 14.5. The summed E-state index contributed by atoms with van der Waals surface area (Å²) in [5.74, 6) is 0.642. The molecule has 7 nitrogen and oxygen atoms in total. The molecule has 0 radical (unpaired) electrons. The number of rotatable bonds is 6. The van der Waals surface area contributed by atoms with Crippen molar-refractivity contribution in [1.29, 1.82) is 0 Å². The number of nitrogens with zero attached hydrogens (tertiary/aromatic N) is 3. The summed E-state index contributed by atoms with van der Waals surface area (Å²) >= 11 is 1.55. The van der Waals surface area contributed by atoms with Gasteiger partial charge in [0.1, 0.15) is 17.0 Å². The van der Waals surface area contributed by atoms with Gasteiger partial charge in [-0.25, -0.2) is 9.97 Å². The number of aromatic nitrogens is 3. The highest BCUT2D eigenvalue weighted by Gasteiger charge is 2.09. The lowest BCUT2D eigenvalue weighted by molar-refractivity contribution is 0.188. The van der Waals surface area contributed by atoms with Crippen LogP contribution in [0.4, 0.5) is 5.69 Å². The molecule has 0 aliphatic carbocycles. The van der Waals surface area contributed by atoms with Crippen LogP contribution in [0.3, 0.4) is 0 Å². The molecular formula is C21H26N6OS. The number of anilines is 1. The van der Waals surface area contributed by atoms with Gasteiger partial charge in [0, 0.05) is 56.9 Å². The lowest BCUT2D eigenvalue weighted by Gasteiger charge is -2.26. The number of fused-ring (bicyclic) bond motifs is 1. The molecule has 1 saturated heterocycles. The molecule has 3 N–H and O–H groups in total. The molecule has 0 spiro atoms. The van der Waals surface area contributed by atoms with Crippen LogP contribution >= 0.6 is 11.3 Å². The second-order valence-electron chi connectivity index (χ2n) is 6.79. The van der Waals surface area contributed by atoms with E-state index < -0.39 is 0 Å². The minimum Gasteiger partial charge on any atom is -0.476 e. The van der Waals surface area contributed by atoms with E-state index in [1.54, 1.807) is 17.7 Å². The van der Waals surface area contributed by atoms with Crippen LogP contribution in [0.1, 0.15) is 0 Å². The fourth-order valence-electron chi connectivity index (χ4n) is 3.18. The fraction of sp³-hybridized carbons (Fsp3) is 0.333. The Balaban J connectivity index is 1.50. The lowest BCUT2D eigenvalue weighted by atomic mass is 10.1. The molecule has 0 saturated carbocycles. The van der Waals surface area contributed by atoms with Gasteiger partial charge in [-0.1, -0.05) is 12.1 Å². The van der Waals surface area contributed by atoms with E-state index in [9.17, 15) is 0 Å². The van der Waals surface area contributed by atoms with Crippen molar-refractivity contribution in [2.75, 3.05) is 51.7 Å². The quantitative estimate of drug-likeness (QED) is 0.580. The predicted molar refractivity (Wildman–Crippen MR) is 119 cm³/mol. The summed E-state index contributed by atoms with van der Waals surface area (Å²) in [5.41, 5.74) is 3.99. The second kappa shape index (κ2) is 9.69. The topological polar surface area (TPSA) is 78.1 Å². The highest BCUT2D eigenvalue weighted by atomic mass is 32.1. The number of pyridine rings is 1. The number of H-pyrrole nitrogens is 1. The maximum absolute atomic E-state index is 5.90.